The van der Waals surface area contributed by atoms with Gasteiger partial charge in [-0.25, -0.2) is 0 Å². The van der Waals surface area contributed by atoms with Gasteiger partial charge in [0, 0.05) is 18.5 Å². The van der Waals surface area contributed by atoms with E-state index in [2.05, 4.69) is 30.9 Å². The van der Waals surface area contributed by atoms with Crippen LogP contribution in [0.25, 0.3) is 0 Å². The highest BCUT2D eigenvalue weighted by molar-refractivity contribution is 5.78. The number of fused-ring (bicyclic) bond motifs is 1. The summed E-state index contributed by atoms with van der Waals surface area (Å²) in [5.41, 5.74) is 7.33. The summed E-state index contributed by atoms with van der Waals surface area (Å²) in [6, 6.07) is 6.17. The molecule has 5 heteroatoms. The molecule has 0 aromatic heterocycles. The van der Waals surface area contributed by atoms with Crippen molar-refractivity contribution >= 4 is 5.96 Å². The van der Waals surface area contributed by atoms with Gasteiger partial charge < -0.3 is 20.1 Å². The summed E-state index contributed by atoms with van der Waals surface area (Å²) in [5.74, 6) is 2.34. The third-order valence-corrected chi connectivity index (χ3v) is 4.89. The first-order valence-electron chi connectivity index (χ1n) is 9.01. The molecule has 1 aromatic carbocycles. The normalized spacial score (nSPS) is 19.1. The maximum Gasteiger partial charge on any atom is 0.191 e. The quantitative estimate of drug-likeness (QED) is 0.683. The van der Waals surface area contributed by atoms with Crippen molar-refractivity contribution in [1.29, 1.82) is 0 Å². The van der Waals surface area contributed by atoms with Crippen LogP contribution >= 0.6 is 0 Å². The van der Waals surface area contributed by atoms with Gasteiger partial charge in [0.15, 0.2) is 17.5 Å². The maximum absolute atomic E-state index is 6.25. The fraction of sp³-hybridized carbons (Fsp3) is 0.632. The van der Waals surface area contributed by atoms with Gasteiger partial charge in [0.1, 0.15) is 13.2 Å². The minimum Gasteiger partial charge on any atom is -0.486 e. The Morgan fingerprint density at radius 1 is 1.08 bits per heavy atom. The van der Waals surface area contributed by atoms with Gasteiger partial charge in [-0.1, -0.05) is 32.8 Å². The first kappa shape index (κ1) is 16.9. The van der Waals surface area contributed by atoms with Crippen LogP contribution in [0.4, 0.5) is 0 Å². The number of rotatable bonds is 3. The van der Waals surface area contributed by atoms with E-state index >= 15 is 0 Å². The lowest BCUT2D eigenvalue weighted by Crippen LogP contribution is -2.39. The number of guanidine groups is 1. The summed E-state index contributed by atoms with van der Waals surface area (Å²) < 4.78 is 11.3. The molecule has 1 fully saturated rings. The second-order valence-electron chi connectivity index (χ2n) is 7.32. The molecule has 1 saturated heterocycles. The molecule has 5 nitrogen and oxygen atoms in total. The minimum absolute atomic E-state index is 0.105. The van der Waals surface area contributed by atoms with Crippen LogP contribution in [0.5, 0.6) is 11.5 Å². The first-order chi connectivity index (χ1) is 11.6. The fourth-order valence-corrected chi connectivity index (χ4v) is 3.23. The summed E-state index contributed by atoms with van der Waals surface area (Å²) in [4.78, 5) is 6.93. The number of ether oxygens (including phenoxy) is 2. The summed E-state index contributed by atoms with van der Waals surface area (Å²) in [7, 11) is 0. The zero-order valence-electron chi connectivity index (χ0n) is 14.9. The molecule has 0 spiro atoms. The third-order valence-electron chi connectivity index (χ3n) is 4.89. The minimum atomic E-state index is -0.105. The van der Waals surface area contributed by atoms with Gasteiger partial charge in [0.05, 0.1) is 6.54 Å². The molecule has 1 aromatic rings. The molecule has 0 unspecified atom stereocenters. The van der Waals surface area contributed by atoms with Crippen LogP contribution in [0, 0.1) is 0 Å². The van der Waals surface area contributed by atoms with E-state index in [1.807, 2.05) is 6.07 Å². The van der Waals surface area contributed by atoms with E-state index in [9.17, 15) is 0 Å². The van der Waals surface area contributed by atoms with Crippen molar-refractivity contribution in [2.24, 2.45) is 10.7 Å². The molecule has 0 saturated carbocycles. The Balaban J connectivity index is 1.69. The Bertz CT molecular complexity index is 590. The van der Waals surface area contributed by atoms with E-state index in [0.717, 1.165) is 24.6 Å². The van der Waals surface area contributed by atoms with Crippen molar-refractivity contribution in [3.05, 3.63) is 23.8 Å². The fourth-order valence-electron chi connectivity index (χ4n) is 3.23. The second kappa shape index (κ2) is 7.32. The maximum atomic E-state index is 6.25. The number of aliphatic imine (C=N–C) groups is 1. The first-order valence-corrected chi connectivity index (χ1v) is 9.01. The standard InChI is InChI=1S/C19H29N3O2/c1-19(2,14-21-18(20)22-9-5-3-4-6-10-22)15-7-8-16-17(13-15)24-12-11-23-16/h7-8,13H,3-6,9-12,14H2,1-2H3,(H2,20,21). The van der Waals surface area contributed by atoms with Crippen LogP contribution in [-0.2, 0) is 5.41 Å². The SMILES string of the molecule is CC(C)(CN=C(N)N1CCCCCC1)c1ccc2c(c1)OCCO2. The molecule has 0 atom stereocenters. The molecule has 132 valence electrons. The van der Waals surface area contributed by atoms with E-state index in [4.69, 9.17) is 20.2 Å². The summed E-state index contributed by atoms with van der Waals surface area (Å²) in [6.07, 6.45) is 5.02. The second-order valence-corrected chi connectivity index (χ2v) is 7.32. The van der Waals surface area contributed by atoms with Crippen molar-refractivity contribution < 1.29 is 9.47 Å². The molecule has 2 heterocycles. The van der Waals surface area contributed by atoms with Crippen molar-refractivity contribution in [2.45, 2.75) is 44.9 Å². The van der Waals surface area contributed by atoms with Crippen molar-refractivity contribution in [3.8, 4) is 11.5 Å². The Morgan fingerprint density at radius 3 is 2.46 bits per heavy atom. The zero-order chi connectivity index (χ0) is 17.0. The highest BCUT2D eigenvalue weighted by Gasteiger charge is 2.24. The van der Waals surface area contributed by atoms with Crippen LogP contribution in [0.15, 0.2) is 23.2 Å². The number of nitrogens with two attached hydrogens (primary N) is 1. The largest absolute Gasteiger partial charge is 0.486 e. The molecular weight excluding hydrogens is 302 g/mol. The molecule has 2 N–H and O–H groups in total. The Kier molecular flexibility index (Phi) is 5.17. The van der Waals surface area contributed by atoms with Crippen molar-refractivity contribution in [1.82, 2.24) is 4.90 Å². The molecular formula is C19H29N3O2. The number of hydrogen-bond acceptors (Lipinski definition) is 3. The predicted molar refractivity (Wildman–Crippen MR) is 97.0 cm³/mol. The molecule has 0 radical (unpaired) electrons. The van der Waals surface area contributed by atoms with Gasteiger partial charge in [-0.3, -0.25) is 4.99 Å². The number of hydrogen-bond donors (Lipinski definition) is 1. The average Bonchev–Trinajstić information content (AvgIpc) is 2.89. The Labute approximate surface area is 144 Å². The number of benzene rings is 1. The van der Waals surface area contributed by atoms with Gasteiger partial charge in [0.25, 0.3) is 0 Å². The Hall–Kier alpha value is -1.91. The highest BCUT2D eigenvalue weighted by atomic mass is 16.6. The van der Waals surface area contributed by atoms with E-state index in [-0.39, 0.29) is 5.41 Å². The highest BCUT2D eigenvalue weighted by Crippen LogP contribution is 2.35. The predicted octanol–water partition coefficient (Wildman–Crippen LogP) is 2.93. The molecule has 0 amide bonds. The number of nitrogens with zero attached hydrogens (tertiary/aromatic N) is 2. The van der Waals surface area contributed by atoms with Gasteiger partial charge in [-0.05, 0) is 30.5 Å². The van der Waals surface area contributed by atoms with E-state index in [1.165, 1.54) is 31.2 Å². The molecule has 3 rings (SSSR count). The zero-order valence-corrected chi connectivity index (χ0v) is 14.9. The van der Waals surface area contributed by atoms with Crippen LogP contribution in [0.3, 0.4) is 0 Å². The lowest BCUT2D eigenvalue weighted by Gasteiger charge is -2.27. The summed E-state index contributed by atoms with van der Waals surface area (Å²) >= 11 is 0. The molecule has 0 bridgehead atoms. The van der Waals surface area contributed by atoms with E-state index in [0.29, 0.717) is 25.7 Å². The molecule has 2 aliphatic heterocycles. The van der Waals surface area contributed by atoms with Gasteiger partial charge in [-0.15, -0.1) is 0 Å². The molecule has 2 aliphatic rings. The number of likely N-dealkylation sites (tertiary alicyclic amines) is 1. The lowest BCUT2D eigenvalue weighted by molar-refractivity contribution is 0.171. The van der Waals surface area contributed by atoms with Crippen molar-refractivity contribution in [2.75, 3.05) is 32.8 Å². The Morgan fingerprint density at radius 2 is 1.75 bits per heavy atom. The topological polar surface area (TPSA) is 60.1 Å². The lowest BCUT2D eigenvalue weighted by atomic mass is 9.84. The van der Waals surface area contributed by atoms with Crippen LogP contribution in [0.1, 0.15) is 45.1 Å². The van der Waals surface area contributed by atoms with Crippen molar-refractivity contribution in [3.63, 3.8) is 0 Å². The van der Waals surface area contributed by atoms with E-state index < -0.39 is 0 Å². The molecule has 24 heavy (non-hydrogen) atoms. The smallest absolute Gasteiger partial charge is 0.191 e. The molecule has 0 aliphatic carbocycles. The van der Waals surface area contributed by atoms with Crippen LogP contribution in [0.2, 0.25) is 0 Å². The monoisotopic (exact) mass is 331 g/mol. The average molecular weight is 331 g/mol. The van der Waals surface area contributed by atoms with Gasteiger partial charge >= 0.3 is 0 Å². The van der Waals surface area contributed by atoms with Gasteiger partial charge in [0.2, 0.25) is 0 Å². The van der Waals surface area contributed by atoms with Crippen LogP contribution < -0.4 is 15.2 Å². The third kappa shape index (κ3) is 3.94. The van der Waals surface area contributed by atoms with Gasteiger partial charge in [-0.2, -0.15) is 0 Å². The summed E-state index contributed by atoms with van der Waals surface area (Å²) in [6.45, 7) is 8.33. The van der Waals surface area contributed by atoms with E-state index in [1.54, 1.807) is 0 Å². The summed E-state index contributed by atoms with van der Waals surface area (Å²) in [5, 5.41) is 0. The van der Waals surface area contributed by atoms with Crippen LogP contribution in [-0.4, -0.2) is 43.7 Å².